The van der Waals surface area contributed by atoms with Crippen molar-refractivity contribution in [1.82, 2.24) is 15.2 Å². The molecule has 0 saturated carbocycles. The smallest absolute Gasteiger partial charge is 0.317 e. The Morgan fingerprint density at radius 3 is 2.68 bits per heavy atom. The van der Waals surface area contributed by atoms with Crippen LogP contribution in [0.2, 0.25) is 0 Å². The molecule has 0 spiro atoms. The first-order valence-corrected chi connectivity index (χ1v) is 11.7. The fourth-order valence-electron chi connectivity index (χ4n) is 4.14. The molecule has 0 atom stereocenters. The van der Waals surface area contributed by atoms with Crippen molar-refractivity contribution < 1.29 is 4.79 Å². The van der Waals surface area contributed by atoms with Crippen molar-refractivity contribution in [1.29, 1.82) is 0 Å². The molecule has 6 heteroatoms. The molecule has 1 aliphatic heterocycles. The van der Waals surface area contributed by atoms with Crippen molar-refractivity contribution in [3.63, 3.8) is 0 Å². The van der Waals surface area contributed by atoms with Crippen LogP contribution in [-0.2, 0) is 13.0 Å². The lowest BCUT2D eigenvalue weighted by atomic mass is 10.0. The zero-order valence-electron chi connectivity index (χ0n) is 17.7. The number of benzene rings is 3. The molecule has 1 saturated heterocycles. The number of amides is 2. The van der Waals surface area contributed by atoms with E-state index in [1.807, 2.05) is 23.1 Å². The zero-order valence-corrected chi connectivity index (χ0v) is 18.5. The number of nitrogens with one attached hydrogen (secondary N) is 1. The fourth-order valence-corrected chi connectivity index (χ4v) is 5.22. The summed E-state index contributed by atoms with van der Waals surface area (Å²) in [5, 5.41) is 6.55. The van der Waals surface area contributed by atoms with Gasteiger partial charge in [-0.25, -0.2) is 9.78 Å². The molecule has 31 heavy (non-hydrogen) atoms. The number of fused-ring (bicyclic) bond motifs is 2. The first-order chi connectivity index (χ1) is 15.2. The van der Waals surface area contributed by atoms with Gasteiger partial charge in [0.15, 0.2) is 5.13 Å². The van der Waals surface area contributed by atoms with Gasteiger partial charge in [-0.2, -0.15) is 0 Å². The van der Waals surface area contributed by atoms with E-state index in [0.717, 1.165) is 35.7 Å². The molecule has 0 bridgehead atoms. The van der Waals surface area contributed by atoms with Crippen LogP contribution in [-0.4, -0.2) is 42.1 Å². The van der Waals surface area contributed by atoms with E-state index >= 15 is 0 Å². The van der Waals surface area contributed by atoms with Crippen LogP contribution >= 0.6 is 11.3 Å². The zero-order chi connectivity index (χ0) is 21.2. The Bertz CT molecular complexity index is 1220. The number of urea groups is 1. The third-order valence-electron chi connectivity index (χ3n) is 6.00. The number of hydrogen-bond acceptors (Lipinski definition) is 4. The summed E-state index contributed by atoms with van der Waals surface area (Å²) in [6.07, 6.45) is 1.04. The summed E-state index contributed by atoms with van der Waals surface area (Å²) in [7, 11) is 0. The fraction of sp³-hybridized carbons (Fsp3) is 0.280. The van der Waals surface area contributed by atoms with Gasteiger partial charge in [0.05, 0.1) is 10.2 Å². The van der Waals surface area contributed by atoms with Gasteiger partial charge < -0.3 is 15.1 Å². The van der Waals surface area contributed by atoms with Crippen molar-refractivity contribution in [3.05, 3.63) is 71.8 Å². The minimum absolute atomic E-state index is 0.00414. The van der Waals surface area contributed by atoms with Gasteiger partial charge in [-0.15, -0.1) is 0 Å². The second kappa shape index (κ2) is 8.55. The molecule has 5 nitrogen and oxygen atoms in total. The van der Waals surface area contributed by atoms with Crippen LogP contribution in [0.4, 0.5) is 9.93 Å². The van der Waals surface area contributed by atoms with E-state index in [2.05, 4.69) is 59.6 Å². The van der Waals surface area contributed by atoms with Crippen LogP contribution in [0.3, 0.4) is 0 Å². The Morgan fingerprint density at radius 2 is 1.84 bits per heavy atom. The molecular formula is C25H26N4OS. The van der Waals surface area contributed by atoms with Gasteiger partial charge in [0.25, 0.3) is 0 Å². The van der Waals surface area contributed by atoms with E-state index in [-0.39, 0.29) is 6.03 Å². The Balaban J connectivity index is 1.20. The van der Waals surface area contributed by atoms with E-state index in [1.54, 1.807) is 11.3 Å². The number of piperazine rings is 1. The molecule has 5 rings (SSSR count). The maximum Gasteiger partial charge on any atom is 0.317 e. The quantitative estimate of drug-likeness (QED) is 0.493. The van der Waals surface area contributed by atoms with Crippen molar-refractivity contribution in [2.45, 2.75) is 19.9 Å². The average molecular weight is 431 g/mol. The summed E-state index contributed by atoms with van der Waals surface area (Å²) >= 11 is 1.75. The lowest BCUT2D eigenvalue weighted by molar-refractivity contribution is 0.194. The Morgan fingerprint density at radius 1 is 1.03 bits per heavy atom. The molecule has 4 aromatic rings. The first-order valence-electron chi connectivity index (χ1n) is 10.8. The maximum absolute atomic E-state index is 12.7. The van der Waals surface area contributed by atoms with Crippen LogP contribution in [0.25, 0.3) is 21.0 Å². The largest absolute Gasteiger partial charge is 0.345 e. The summed E-state index contributed by atoms with van der Waals surface area (Å²) < 4.78 is 1.24. The summed E-state index contributed by atoms with van der Waals surface area (Å²) in [6, 6.07) is 21.0. The van der Waals surface area contributed by atoms with E-state index in [9.17, 15) is 4.79 Å². The SMILES string of the molecule is CCc1ccc2nc(N3CCN(C(=O)NCc4cccc5ccccc45)CC3)sc2c1. The highest BCUT2D eigenvalue weighted by molar-refractivity contribution is 7.22. The number of aromatic nitrogens is 1. The van der Waals surface area contributed by atoms with Crippen LogP contribution < -0.4 is 10.2 Å². The lowest BCUT2D eigenvalue weighted by Gasteiger charge is -2.34. The lowest BCUT2D eigenvalue weighted by Crippen LogP contribution is -2.51. The Hall–Kier alpha value is -3.12. The number of anilines is 1. The minimum atomic E-state index is 0.00414. The number of hydrogen-bond donors (Lipinski definition) is 1. The van der Waals surface area contributed by atoms with E-state index in [1.165, 1.54) is 21.0 Å². The summed E-state index contributed by atoms with van der Waals surface area (Å²) in [5.41, 5.74) is 3.55. The molecule has 1 aromatic heterocycles. The number of thiazole rings is 1. The summed E-state index contributed by atoms with van der Waals surface area (Å²) in [4.78, 5) is 21.8. The number of carbonyl (C=O) groups excluding carboxylic acids is 1. The normalized spacial score (nSPS) is 14.4. The van der Waals surface area contributed by atoms with Crippen LogP contribution in [0, 0.1) is 0 Å². The predicted molar refractivity (Wildman–Crippen MR) is 129 cm³/mol. The number of carbonyl (C=O) groups is 1. The van der Waals surface area contributed by atoms with Gasteiger partial charge in [0.2, 0.25) is 0 Å². The van der Waals surface area contributed by atoms with Gasteiger partial charge in [-0.05, 0) is 40.5 Å². The van der Waals surface area contributed by atoms with E-state index in [4.69, 9.17) is 4.98 Å². The molecule has 0 unspecified atom stereocenters. The minimum Gasteiger partial charge on any atom is -0.345 e. The molecular weight excluding hydrogens is 404 g/mol. The number of rotatable bonds is 4. The van der Waals surface area contributed by atoms with Crippen molar-refractivity contribution in [2.24, 2.45) is 0 Å². The molecule has 158 valence electrons. The van der Waals surface area contributed by atoms with Crippen LogP contribution in [0.15, 0.2) is 60.7 Å². The van der Waals surface area contributed by atoms with Crippen molar-refractivity contribution in [2.75, 3.05) is 31.1 Å². The van der Waals surface area contributed by atoms with E-state index in [0.29, 0.717) is 19.6 Å². The van der Waals surface area contributed by atoms with Gasteiger partial charge in [0, 0.05) is 32.7 Å². The molecule has 0 radical (unpaired) electrons. The molecule has 2 heterocycles. The molecule has 2 amide bonds. The second-order valence-electron chi connectivity index (χ2n) is 7.92. The molecule has 1 aliphatic rings. The number of nitrogens with zero attached hydrogens (tertiary/aromatic N) is 3. The highest BCUT2D eigenvalue weighted by Crippen LogP contribution is 2.30. The predicted octanol–water partition coefficient (Wildman–Crippen LogP) is 5.04. The second-order valence-corrected chi connectivity index (χ2v) is 8.93. The average Bonchev–Trinajstić information content (AvgIpc) is 3.26. The topological polar surface area (TPSA) is 48.5 Å². The van der Waals surface area contributed by atoms with Crippen LogP contribution in [0.5, 0.6) is 0 Å². The first kappa shape index (κ1) is 19.8. The van der Waals surface area contributed by atoms with Gasteiger partial charge in [-0.3, -0.25) is 0 Å². The standard InChI is InChI=1S/C25H26N4OS/c1-2-18-10-11-22-23(16-18)31-25(27-22)29-14-12-28(13-15-29)24(30)26-17-20-8-5-7-19-6-3-4-9-21(19)20/h3-11,16H,2,12-15,17H2,1H3,(H,26,30). The van der Waals surface area contributed by atoms with Crippen molar-refractivity contribution >= 4 is 43.5 Å². The summed E-state index contributed by atoms with van der Waals surface area (Å²) in [6.45, 7) is 5.74. The van der Waals surface area contributed by atoms with Crippen LogP contribution in [0.1, 0.15) is 18.1 Å². The molecule has 1 fully saturated rings. The summed E-state index contributed by atoms with van der Waals surface area (Å²) in [5.74, 6) is 0. The molecule has 0 aliphatic carbocycles. The molecule has 1 N–H and O–H groups in total. The van der Waals surface area contributed by atoms with Gasteiger partial charge >= 0.3 is 6.03 Å². The highest BCUT2D eigenvalue weighted by atomic mass is 32.1. The molecule has 3 aromatic carbocycles. The Kier molecular flexibility index (Phi) is 5.47. The third kappa shape index (κ3) is 4.08. The van der Waals surface area contributed by atoms with Gasteiger partial charge in [0.1, 0.15) is 0 Å². The number of aryl methyl sites for hydroxylation is 1. The highest BCUT2D eigenvalue weighted by Gasteiger charge is 2.23. The van der Waals surface area contributed by atoms with Crippen molar-refractivity contribution in [3.8, 4) is 0 Å². The monoisotopic (exact) mass is 430 g/mol. The third-order valence-corrected chi connectivity index (χ3v) is 7.08. The van der Waals surface area contributed by atoms with Gasteiger partial charge in [-0.1, -0.05) is 66.8 Å². The Labute approximate surface area is 186 Å². The maximum atomic E-state index is 12.7. The van der Waals surface area contributed by atoms with E-state index < -0.39 is 0 Å².